The molecular weight excluding hydrogens is 1660 g/mol. The predicted octanol–water partition coefficient (Wildman–Crippen LogP) is 30.4. The molecular formula is C116H127N9O9. The molecule has 17 aromatic rings. The van der Waals surface area contributed by atoms with Crippen molar-refractivity contribution < 1.29 is 43.7 Å². The van der Waals surface area contributed by atoms with Gasteiger partial charge in [-0.25, -0.2) is 15.0 Å². The fourth-order valence-corrected chi connectivity index (χ4v) is 18.3. The third-order valence-electron chi connectivity index (χ3n) is 26.3. The first kappa shape index (κ1) is 93.9. The van der Waals surface area contributed by atoms with Gasteiger partial charge < -0.3 is 43.7 Å². The van der Waals surface area contributed by atoms with Crippen LogP contribution in [-0.4, -0.2) is 99.3 Å². The summed E-state index contributed by atoms with van der Waals surface area (Å²) in [7, 11) is 0. The SMILES string of the molecule is CCCCC(CC)COc1ccc(-c2nc(OC3CCCC3)nc(-c3ccc4ccc5cccc6ccc3c4c56)n2)c(O)c1.CCCCCCOc1nc(-c2ccc(OCC(CC)CCCC)cc2O)nc(-c2cc3c4ccccc4ccc3c3ccccc23)n1.CCCCCCOc1nc(-c2ccc3cc4ccccc4cc3c2)nc(-c2ccc(OCC(CC)CCCC)cc2O)n1. The number of phenolic OH excluding ortho intramolecular Hbond substituents is 3. The van der Waals surface area contributed by atoms with Crippen molar-refractivity contribution in [2.45, 2.75) is 216 Å². The zero-order valence-corrected chi connectivity index (χ0v) is 79.1. The van der Waals surface area contributed by atoms with E-state index in [1.807, 2.05) is 48.5 Å². The van der Waals surface area contributed by atoms with Crippen LogP contribution >= 0.6 is 0 Å². The van der Waals surface area contributed by atoms with Crippen LogP contribution in [0, 0.1) is 17.8 Å². The molecule has 0 saturated heterocycles. The first-order valence-corrected chi connectivity index (χ1v) is 49.3. The number of phenols is 3. The zero-order chi connectivity index (χ0) is 92.7. The Morgan fingerprint density at radius 1 is 0.276 bits per heavy atom. The quantitative estimate of drug-likeness (QED) is 0.0184. The molecule has 1 fully saturated rings. The number of hydrogen-bond donors (Lipinski definition) is 3. The van der Waals surface area contributed by atoms with E-state index >= 15 is 0 Å². The summed E-state index contributed by atoms with van der Waals surface area (Å²) in [6, 6.07) is 78.6. The third-order valence-corrected chi connectivity index (χ3v) is 26.3. The second-order valence-electron chi connectivity index (χ2n) is 35.9. The molecule has 0 bridgehead atoms. The number of aromatic nitrogens is 9. The first-order chi connectivity index (χ1) is 65.8. The molecule has 18 heteroatoms. The van der Waals surface area contributed by atoms with E-state index in [-0.39, 0.29) is 35.4 Å². The largest absolute Gasteiger partial charge is 0.507 e. The summed E-state index contributed by atoms with van der Waals surface area (Å²) in [6.45, 7) is 20.6. The van der Waals surface area contributed by atoms with Crippen molar-refractivity contribution in [2.24, 2.45) is 17.8 Å². The van der Waals surface area contributed by atoms with E-state index in [1.54, 1.807) is 18.2 Å². The molecule has 18 nitrogen and oxygen atoms in total. The molecule has 3 unspecified atom stereocenters. The summed E-state index contributed by atoms with van der Waals surface area (Å²) in [4.78, 5) is 43.2. The highest BCUT2D eigenvalue weighted by Gasteiger charge is 2.26. The molecule has 0 spiro atoms. The summed E-state index contributed by atoms with van der Waals surface area (Å²) in [5, 5.41) is 52.1. The van der Waals surface area contributed by atoms with Crippen molar-refractivity contribution in [1.29, 1.82) is 0 Å². The lowest BCUT2D eigenvalue weighted by atomic mass is 9.92. The Morgan fingerprint density at radius 2 is 0.664 bits per heavy atom. The van der Waals surface area contributed by atoms with Crippen molar-refractivity contribution in [3.8, 4) is 121 Å². The fourth-order valence-electron chi connectivity index (χ4n) is 18.3. The monoisotopic (exact) mass is 1790 g/mol. The normalized spacial score (nSPS) is 12.9. The molecule has 0 amide bonds. The van der Waals surface area contributed by atoms with E-state index in [0.717, 1.165) is 158 Å². The molecule has 0 aliphatic heterocycles. The first-order valence-electron chi connectivity index (χ1n) is 49.3. The Labute approximate surface area is 787 Å². The molecule has 3 N–H and O–H groups in total. The maximum Gasteiger partial charge on any atom is 0.320 e. The topological polar surface area (TPSA) is 232 Å². The van der Waals surface area contributed by atoms with Crippen LogP contribution in [0.3, 0.4) is 0 Å². The molecule has 690 valence electrons. The van der Waals surface area contributed by atoms with Crippen LogP contribution in [0.25, 0.3) is 155 Å². The van der Waals surface area contributed by atoms with Crippen LogP contribution in [0.2, 0.25) is 0 Å². The van der Waals surface area contributed by atoms with Crippen molar-refractivity contribution in [1.82, 2.24) is 44.9 Å². The maximum atomic E-state index is 11.2. The van der Waals surface area contributed by atoms with Gasteiger partial charge in [0.15, 0.2) is 34.9 Å². The van der Waals surface area contributed by atoms with Gasteiger partial charge in [0.05, 0.1) is 49.7 Å². The summed E-state index contributed by atoms with van der Waals surface area (Å²) in [6.07, 6.45) is 26.8. The van der Waals surface area contributed by atoms with Gasteiger partial charge in [-0.15, -0.1) is 0 Å². The Bertz CT molecular complexity index is 6810. The predicted molar refractivity (Wildman–Crippen MR) is 547 cm³/mol. The lowest BCUT2D eigenvalue weighted by Gasteiger charge is -2.17. The number of rotatable bonds is 41. The Balaban J connectivity index is 0.000000146. The Kier molecular flexibility index (Phi) is 32.1. The highest BCUT2D eigenvalue weighted by atomic mass is 16.5. The van der Waals surface area contributed by atoms with Crippen LogP contribution in [0.15, 0.2) is 231 Å². The minimum Gasteiger partial charge on any atom is -0.507 e. The Morgan fingerprint density at radius 3 is 1.18 bits per heavy atom. The standard InChI is InChI=1S/C41H45N3O3.C38H39N3O3.C37H43N3O3/c1-4-7-9-14-24-46-41-43-39(35-23-21-30(25-38(35)45)47-27-28(6-3)15-8-5-2)42-40(44-41)37-26-36-31-17-11-10-16-29(31)20-22-34(36)32-18-12-13-19-33(32)37;1-3-5-9-24(4-2)23-43-29-18-21-32(33(42)22-29)37-39-36(40-38(41-37)44-28-12-6-7-13-28)31-20-17-27-15-14-25-10-8-11-26-16-19-30(31)35(27)34(25)26;1-4-7-9-12-20-42-37-39-35(30-17-16-29-21-27-14-10-11-15-28(27)22-31(29)23-30)38-36(40-37)33-19-18-32(24-34(33)41)43-25-26(6-3)13-8-5-2/h10-13,16-23,25-26,28,45H,4-9,14-15,24,27H2,1-3H3;8,10-11,14-22,24,28,42H,3-7,9,12-13,23H2,1-2H3;10-11,14-19,21-24,26,41H,4-9,12-13,20,25H2,1-3H3. The average molecular weight is 1790 g/mol. The van der Waals surface area contributed by atoms with Gasteiger partial charge in [0, 0.05) is 34.9 Å². The summed E-state index contributed by atoms with van der Waals surface area (Å²) in [5.74, 6) is 6.26. The zero-order valence-electron chi connectivity index (χ0n) is 79.1. The molecule has 0 radical (unpaired) electrons. The van der Waals surface area contributed by atoms with Gasteiger partial charge in [-0.2, -0.15) is 29.9 Å². The summed E-state index contributed by atoms with van der Waals surface area (Å²) >= 11 is 0. The highest BCUT2D eigenvalue weighted by molar-refractivity contribution is 6.25. The molecule has 18 rings (SSSR count). The van der Waals surface area contributed by atoms with Gasteiger partial charge >= 0.3 is 18.0 Å². The van der Waals surface area contributed by atoms with E-state index in [2.05, 4.69) is 224 Å². The van der Waals surface area contributed by atoms with Gasteiger partial charge in [0.25, 0.3) is 0 Å². The maximum absolute atomic E-state index is 11.2. The second kappa shape index (κ2) is 45.9. The number of benzene rings is 14. The van der Waals surface area contributed by atoms with Gasteiger partial charge in [-0.05, 0) is 228 Å². The summed E-state index contributed by atoms with van der Waals surface area (Å²) < 4.78 is 36.8. The number of unbranched alkanes of at least 4 members (excludes halogenated alkanes) is 9. The van der Waals surface area contributed by atoms with E-state index in [4.69, 9.17) is 68.3 Å². The molecule has 3 atom stereocenters. The average Bonchev–Trinajstić information content (AvgIpc) is 0.772. The van der Waals surface area contributed by atoms with Gasteiger partial charge in [-0.3, -0.25) is 0 Å². The molecule has 1 aliphatic carbocycles. The van der Waals surface area contributed by atoms with Crippen LogP contribution < -0.4 is 28.4 Å². The minimum atomic E-state index is 0.0597. The van der Waals surface area contributed by atoms with Crippen LogP contribution in [0.5, 0.6) is 52.5 Å². The fraction of sp³-hybridized carbons (Fsp3) is 0.353. The van der Waals surface area contributed by atoms with E-state index in [0.29, 0.717) is 126 Å². The number of aromatic hydroxyl groups is 3. The van der Waals surface area contributed by atoms with Crippen molar-refractivity contribution in [2.75, 3.05) is 33.0 Å². The lowest BCUT2D eigenvalue weighted by molar-refractivity contribution is 0.192. The third kappa shape index (κ3) is 22.9. The highest BCUT2D eigenvalue weighted by Crippen LogP contribution is 2.44. The smallest absolute Gasteiger partial charge is 0.320 e. The summed E-state index contributed by atoms with van der Waals surface area (Å²) in [5.41, 5.74) is 4.20. The van der Waals surface area contributed by atoms with Gasteiger partial charge in [0.1, 0.15) is 40.6 Å². The molecule has 3 heterocycles. The number of hydrogen-bond acceptors (Lipinski definition) is 18. The molecule has 1 aliphatic rings. The number of nitrogens with zero attached hydrogens (tertiary/aromatic N) is 9. The van der Waals surface area contributed by atoms with Crippen LogP contribution in [0.1, 0.15) is 209 Å². The van der Waals surface area contributed by atoms with Gasteiger partial charge in [-0.1, -0.05) is 297 Å². The van der Waals surface area contributed by atoms with E-state index in [9.17, 15) is 15.3 Å². The number of ether oxygens (including phenoxy) is 6. The van der Waals surface area contributed by atoms with Crippen molar-refractivity contribution in [3.63, 3.8) is 0 Å². The van der Waals surface area contributed by atoms with Crippen molar-refractivity contribution in [3.05, 3.63) is 231 Å². The Hall–Kier alpha value is -13.4. The van der Waals surface area contributed by atoms with E-state index in [1.165, 1.54) is 98.8 Å². The van der Waals surface area contributed by atoms with Gasteiger partial charge in [0.2, 0.25) is 0 Å². The molecule has 3 aromatic heterocycles. The van der Waals surface area contributed by atoms with Crippen LogP contribution in [0.4, 0.5) is 0 Å². The molecule has 1 saturated carbocycles. The van der Waals surface area contributed by atoms with Crippen LogP contribution in [-0.2, 0) is 0 Å². The molecule has 134 heavy (non-hydrogen) atoms. The minimum absolute atomic E-state index is 0.0597. The second-order valence-corrected chi connectivity index (χ2v) is 35.9. The molecule has 14 aromatic carbocycles. The number of fused-ring (bicyclic) bond motifs is 7. The van der Waals surface area contributed by atoms with Crippen molar-refractivity contribution >= 4 is 86.2 Å². The lowest BCUT2D eigenvalue weighted by Crippen LogP contribution is -2.14. The van der Waals surface area contributed by atoms with E-state index < -0.39 is 0 Å².